The van der Waals surface area contributed by atoms with E-state index in [4.69, 9.17) is 0 Å². The highest BCUT2D eigenvalue weighted by Gasteiger charge is 2.18. The summed E-state index contributed by atoms with van der Waals surface area (Å²) in [5.74, 6) is -0.243. The van der Waals surface area contributed by atoms with Crippen molar-refractivity contribution in [1.29, 1.82) is 0 Å². The predicted molar refractivity (Wildman–Crippen MR) is 86.5 cm³/mol. The van der Waals surface area contributed by atoms with Gasteiger partial charge in [-0.15, -0.1) is 11.3 Å². The Bertz CT molecular complexity index is 796. The van der Waals surface area contributed by atoms with Crippen molar-refractivity contribution in [2.24, 2.45) is 0 Å². The SMILES string of the molecule is Cc1cc(C)c(C(O)c2cc3ccc(F)cc3s2)c(C)c1. The molecular weight excluding hydrogens is 283 g/mol. The van der Waals surface area contributed by atoms with E-state index in [0.29, 0.717) is 0 Å². The number of aryl methyl sites for hydroxylation is 3. The lowest BCUT2D eigenvalue weighted by molar-refractivity contribution is 0.222. The molecular formula is C18H17FOS. The summed E-state index contributed by atoms with van der Waals surface area (Å²) in [5, 5.41) is 11.7. The lowest BCUT2D eigenvalue weighted by Gasteiger charge is -2.16. The molecule has 3 aromatic rings. The molecule has 1 heterocycles. The summed E-state index contributed by atoms with van der Waals surface area (Å²) in [6, 6.07) is 10.8. The maximum absolute atomic E-state index is 13.3. The van der Waals surface area contributed by atoms with Gasteiger partial charge in [-0.25, -0.2) is 4.39 Å². The molecule has 1 N–H and O–H groups in total. The molecule has 3 heteroatoms. The third kappa shape index (κ3) is 2.59. The fourth-order valence-electron chi connectivity index (χ4n) is 2.93. The molecule has 0 fully saturated rings. The van der Waals surface area contributed by atoms with Crippen LogP contribution in [0.25, 0.3) is 10.1 Å². The van der Waals surface area contributed by atoms with Gasteiger partial charge in [0.25, 0.3) is 0 Å². The summed E-state index contributed by atoms with van der Waals surface area (Å²) >= 11 is 1.45. The minimum Gasteiger partial charge on any atom is -0.383 e. The summed E-state index contributed by atoms with van der Waals surface area (Å²) in [4.78, 5) is 0.852. The van der Waals surface area contributed by atoms with Gasteiger partial charge < -0.3 is 5.11 Å². The molecule has 0 aliphatic carbocycles. The van der Waals surface area contributed by atoms with Gasteiger partial charge in [-0.05, 0) is 61.0 Å². The third-order valence-electron chi connectivity index (χ3n) is 3.78. The van der Waals surface area contributed by atoms with E-state index in [2.05, 4.69) is 19.1 Å². The number of fused-ring (bicyclic) bond motifs is 1. The Labute approximate surface area is 127 Å². The normalized spacial score (nSPS) is 12.8. The summed E-state index contributed by atoms with van der Waals surface area (Å²) in [6.45, 7) is 6.09. The van der Waals surface area contributed by atoms with Crippen LogP contribution < -0.4 is 0 Å². The summed E-state index contributed by atoms with van der Waals surface area (Å²) in [5.41, 5.74) is 4.32. The van der Waals surface area contributed by atoms with Crippen LogP contribution in [0.1, 0.15) is 33.2 Å². The summed E-state index contributed by atoms with van der Waals surface area (Å²) < 4.78 is 14.2. The molecule has 1 aromatic heterocycles. The fourth-order valence-corrected chi connectivity index (χ4v) is 4.01. The number of rotatable bonds is 2. The minimum absolute atomic E-state index is 0.243. The largest absolute Gasteiger partial charge is 0.383 e. The minimum atomic E-state index is -0.661. The first-order valence-electron chi connectivity index (χ1n) is 6.90. The van der Waals surface area contributed by atoms with E-state index >= 15 is 0 Å². The smallest absolute Gasteiger partial charge is 0.124 e. The number of benzene rings is 2. The first-order valence-corrected chi connectivity index (χ1v) is 7.72. The Hall–Kier alpha value is -1.71. The number of aliphatic hydroxyl groups excluding tert-OH is 1. The van der Waals surface area contributed by atoms with E-state index in [1.165, 1.54) is 29.0 Å². The van der Waals surface area contributed by atoms with Crippen molar-refractivity contribution in [3.63, 3.8) is 0 Å². The molecule has 1 unspecified atom stereocenters. The van der Waals surface area contributed by atoms with E-state index in [1.54, 1.807) is 6.07 Å². The first-order chi connectivity index (χ1) is 9.95. The number of aliphatic hydroxyl groups is 1. The topological polar surface area (TPSA) is 20.2 Å². The second-order valence-corrected chi connectivity index (χ2v) is 6.66. The first kappa shape index (κ1) is 14.2. The second-order valence-electron chi connectivity index (χ2n) is 5.55. The van der Waals surface area contributed by atoms with Crippen molar-refractivity contribution >= 4 is 21.4 Å². The van der Waals surface area contributed by atoms with Crippen molar-refractivity contribution < 1.29 is 9.50 Å². The zero-order valence-electron chi connectivity index (χ0n) is 12.3. The monoisotopic (exact) mass is 300 g/mol. The van der Waals surface area contributed by atoms with E-state index in [-0.39, 0.29) is 5.82 Å². The van der Waals surface area contributed by atoms with Crippen molar-refractivity contribution in [3.05, 3.63) is 69.3 Å². The highest BCUT2D eigenvalue weighted by molar-refractivity contribution is 7.19. The van der Waals surface area contributed by atoms with Crippen LogP contribution in [0.5, 0.6) is 0 Å². The number of hydrogen-bond acceptors (Lipinski definition) is 2. The molecule has 0 saturated heterocycles. The van der Waals surface area contributed by atoms with Gasteiger partial charge in [0.1, 0.15) is 11.9 Å². The van der Waals surface area contributed by atoms with Crippen LogP contribution in [-0.2, 0) is 0 Å². The van der Waals surface area contributed by atoms with Gasteiger partial charge in [0, 0.05) is 9.58 Å². The van der Waals surface area contributed by atoms with Crippen LogP contribution in [0.15, 0.2) is 36.4 Å². The molecule has 1 atom stereocenters. The molecule has 108 valence electrons. The average molecular weight is 300 g/mol. The van der Waals surface area contributed by atoms with Crippen LogP contribution in [-0.4, -0.2) is 5.11 Å². The lowest BCUT2D eigenvalue weighted by Crippen LogP contribution is -2.03. The van der Waals surface area contributed by atoms with Crippen molar-refractivity contribution in [1.82, 2.24) is 0 Å². The van der Waals surface area contributed by atoms with Gasteiger partial charge in [-0.3, -0.25) is 0 Å². The third-order valence-corrected chi connectivity index (χ3v) is 4.93. The van der Waals surface area contributed by atoms with E-state index in [0.717, 1.165) is 31.7 Å². The quantitative estimate of drug-likeness (QED) is 0.702. The van der Waals surface area contributed by atoms with Crippen LogP contribution in [0.2, 0.25) is 0 Å². The number of hydrogen-bond donors (Lipinski definition) is 1. The Kier molecular flexibility index (Phi) is 3.56. The highest BCUT2D eigenvalue weighted by Crippen LogP contribution is 2.36. The van der Waals surface area contributed by atoms with Gasteiger partial charge in [-0.2, -0.15) is 0 Å². The molecule has 1 nitrogen and oxygen atoms in total. The molecule has 0 bridgehead atoms. The molecule has 2 aromatic carbocycles. The maximum Gasteiger partial charge on any atom is 0.124 e. The highest BCUT2D eigenvalue weighted by atomic mass is 32.1. The predicted octanol–water partition coefficient (Wildman–Crippen LogP) is 5.05. The maximum atomic E-state index is 13.3. The molecule has 0 saturated carbocycles. The van der Waals surface area contributed by atoms with Crippen LogP contribution in [0.3, 0.4) is 0 Å². The Morgan fingerprint density at radius 1 is 1.00 bits per heavy atom. The van der Waals surface area contributed by atoms with Crippen LogP contribution in [0, 0.1) is 26.6 Å². The Morgan fingerprint density at radius 3 is 2.33 bits per heavy atom. The number of thiophene rings is 1. The lowest BCUT2D eigenvalue weighted by atomic mass is 9.95. The Morgan fingerprint density at radius 2 is 1.67 bits per heavy atom. The zero-order chi connectivity index (χ0) is 15.1. The van der Waals surface area contributed by atoms with Crippen molar-refractivity contribution in [2.45, 2.75) is 26.9 Å². The van der Waals surface area contributed by atoms with Gasteiger partial charge in [-0.1, -0.05) is 23.8 Å². The molecule has 0 amide bonds. The fraction of sp³-hybridized carbons (Fsp3) is 0.222. The second kappa shape index (κ2) is 5.24. The van der Waals surface area contributed by atoms with Crippen molar-refractivity contribution in [2.75, 3.05) is 0 Å². The molecule has 0 aliphatic rings. The van der Waals surface area contributed by atoms with Gasteiger partial charge in [0.05, 0.1) is 0 Å². The van der Waals surface area contributed by atoms with Gasteiger partial charge in [0.15, 0.2) is 0 Å². The summed E-state index contributed by atoms with van der Waals surface area (Å²) in [6.07, 6.45) is -0.661. The van der Waals surface area contributed by atoms with Crippen molar-refractivity contribution in [3.8, 4) is 0 Å². The Balaban J connectivity index is 2.10. The number of halogens is 1. The molecule has 0 spiro atoms. The van der Waals surface area contributed by atoms with Crippen LogP contribution in [0.4, 0.5) is 4.39 Å². The molecule has 21 heavy (non-hydrogen) atoms. The van der Waals surface area contributed by atoms with E-state index < -0.39 is 6.10 Å². The van der Waals surface area contributed by atoms with Gasteiger partial charge in [0.2, 0.25) is 0 Å². The average Bonchev–Trinajstić information content (AvgIpc) is 2.80. The van der Waals surface area contributed by atoms with E-state index in [1.807, 2.05) is 19.9 Å². The molecule has 0 aliphatic heterocycles. The van der Waals surface area contributed by atoms with E-state index in [9.17, 15) is 9.50 Å². The standard InChI is InChI=1S/C18H17FOS/c1-10-6-11(2)17(12(3)7-10)18(20)16-8-13-4-5-14(19)9-15(13)21-16/h4-9,18,20H,1-3H3. The molecule has 3 rings (SSSR count). The van der Waals surface area contributed by atoms with Gasteiger partial charge >= 0.3 is 0 Å². The van der Waals surface area contributed by atoms with Crippen LogP contribution >= 0.6 is 11.3 Å². The zero-order valence-corrected chi connectivity index (χ0v) is 13.1. The molecule has 0 radical (unpaired) electrons. The summed E-state index contributed by atoms with van der Waals surface area (Å²) in [7, 11) is 0.